The molecule has 0 unspecified atom stereocenters. The van der Waals surface area contributed by atoms with Crippen LogP contribution in [0.1, 0.15) is 0 Å². The smallest absolute Gasteiger partial charge is 0.652 e. The van der Waals surface area contributed by atoms with E-state index in [1.807, 2.05) is 0 Å². The summed E-state index contributed by atoms with van der Waals surface area (Å²) in [7, 11) is 0. The molecule has 0 atom stereocenters. The Bertz CT molecular complexity index is 38.8. The van der Waals surface area contributed by atoms with Gasteiger partial charge in [-0.3, -0.25) is 0 Å². The molecule has 12 N–H and O–H groups in total. The topological polar surface area (TPSA) is 203 Å². The second-order valence-electron chi connectivity index (χ2n) is 0.250. The van der Waals surface area contributed by atoms with Gasteiger partial charge in [-0.25, -0.2) is 0 Å². The van der Waals surface area contributed by atoms with Gasteiger partial charge in [0.05, 0.1) is 0 Å². The van der Waals surface area contributed by atoms with Gasteiger partial charge in [-0.1, -0.05) is 0 Å². The number of hydrogen-bond acceptors (Lipinski definition) is 7. The van der Waals surface area contributed by atoms with E-state index in [2.05, 4.69) is 0 Å². The molecule has 0 aromatic carbocycles. The maximum atomic E-state index is 8.33. The van der Waals surface area contributed by atoms with Crippen LogP contribution in [-0.2, 0) is 21.1 Å². The fraction of sp³-hybridized carbons (Fsp3) is 0. The molecule has 0 saturated carbocycles. The molecule has 0 saturated heterocycles. The summed E-state index contributed by atoms with van der Waals surface area (Å²) in [6, 6.07) is 0. The van der Waals surface area contributed by atoms with Crippen molar-refractivity contribution in [3.05, 3.63) is 0 Å². The Labute approximate surface area is 67.4 Å². The van der Waals surface area contributed by atoms with Gasteiger partial charge < -0.3 is 39.6 Å². The minimum absolute atomic E-state index is 0. The first-order valence-corrected chi connectivity index (χ1v) is 0.612. The fourth-order valence-electron chi connectivity index (χ4n) is 0. The molecule has 0 radical (unpaired) electrons. The van der Waals surface area contributed by atoms with E-state index in [1.54, 1.807) is 0 Å². The Morgan fingerprint density at radius 3 is 0.889 bits per heavy atom. The molecular formula is CH12N4O3Pt. The summed E-state index contributed by atoms with van der Waals surface area (Å²) >= 11 is 0. The summed E-state index contributed by atoms with van der Waals surface area (Å²) in [6.45, 7) is 0. The minimum Gasteiger partial charge on any atom is -0.652 e. The van der Waals surface area contributed by atoms with Crippen molar-refractivity contribution in [3.63, 3.8) is 0 Å². The largest absolute Gasteiger partial charge is 2.00 e. The predicted molar refractivity (Wildman–Crippen MR) is 25.5 cm³/mol. The molecule has 8 heteroatoms. The Morgan fingerprint density at radius 1 is 0.889 bits per heavy atom. The maximum Gasteiger partial charge on any atom is 2.00 e. The van der Waals surface area contributed by atoms with Gasteiger partial charge in [-0.2, -0.15) is 0 Å². The number of hydrogen-bond donors (Lipinski definition) is 4. The molecule has 9 heavy (non-hydrogen) atoms. The Morgan fingerprint density at radius 2 is 0.889 bits per heavy atom. The van der Waals surface area contributed by atoms with Crippen molar-refractivity contribution in [1.82, 2.24) is 24.6 Å². The van der Waals surface area contributed by atoms with Crippen LogP contribution >= 0.6 is 0 Å². The van der Waals surface area contributed by atoms with E-state index in [-0.39, 0.29) is 45.7 Å². The Hall–Kier alpha value is -0.202. The summed E-state index contributed by atoms with van der Waals surface area (Å²) in [6.07, 6.45) is -2.33. The first-order chi connectivity index (χ1) is 1.73. The quantitative estimate of drug-likeness (QED) is 0.402. The molecule has 0 bridgehead atoms. The van der Waals surface area contributed by atoms with E-state index < -0.39 is 6.16 Å². The number of carboxylic acid groups (broad SMARTS) is 2. The third-order valence-corrected chi connectivity index (χ3v) is 0. The summed E-state index contributed by atoms with van der Waals surface area (Å²) in [5.41, 5.74) is 0. The van der Waals surface area contributed by atoms with Crippen LogP contribution in [0.15, 0.2) is 0 Å². The molecule has 0 aromatic heterocycles. The van der Waals surface area contributed by atoms with E-state index in [4.69, 9.17) is 15.0 Å². The van der Waals surface area contributed by atoms with Crippen molar-refractivity contribution in [2.24, 2.45) is 0 Å². The normalized spacial score (nSPS) is 2.67. The SMILES string of the molecule is N.N.N.N.O=C([O-])[O-].[Pt+2]. The van der Waals surface area contributed by atoms with Gasteiger partial charge in [0.15, 0.2) is 0 Å². The average Bonchev–Trinajstić information content (AvgIpc) is 0.811. The van der Waals surface area contributed by atoms with Crippen molar-refractivity contribution in [2.45, 2.75) is 0 Å². The van der Waals surface area contributed by atoms with Crippen LogP contribution in [0, 0.1) is 0 Å². The van der Waals surface area contributed by atoms with Crippen molar-refractivity contribution in [3.8, 4) is 0 Å². The zero-order valence-electron chi connectivity index (χ0n) is 4.87. The Balaban J connectivity index is -0.00000000450. The van der Waals surface area contributed by atoms with Crippen molar-refractivity contribution in [1.29, 1.82) is 0 Å². The molecule has 0 aliphatic carbocycles. The monoisotopic (exact) mass is 323 g/mol. The number of carbonyl (C=O) groups is 1. The van der Waals surface area contributed by atoms with Crippen LogP contribution in [0.3, 0.4) is 0 Å². The van der Waals surface area contributed by atoms with Gasteiger partial charge in [0, 0.05) is 0 Å². The summed E-state index contributed by atoms with van der Waals surface area (Å²) in [5, 5.41) is 16.7. The van der Waals surface area contributed by atoms with E-state index in [1.165, 1.54) is 0 Å². The molecule has 0 aromatic rings. The fourth-order valence-corrected chi connectivity index (χ4v) is 0. The molecule has 7 nitrogen and oxygen atoms in total. The number of carbonyl (C=O) groups excluding carboxylic acids is 1. The van der Waals surface area contributed by atoms with Crippen LogP contribution < -0.4 is 34.8 Å². The zero-order valence-corrected chi connectivity index (χ0v) is 7.14. The van der Waals surface area contributed by atoms with Gasteiger partial charge in [-0.05, 0) is 6.16 Å². The van der Waals surface area contributed by atoms with Gasteiger partial charge in [-0.15, -0.1) is 0 Å². The molecule has 0 spiro atoms. The summed E-state index contributed by atoms with van der Waals surface area (Å²) < 4.78 is 0. The first kappa shape index (κ1) is 68.3. The minimum atomic E-state index is -2.33. The molecule has 0 rings (SSSR count). The second-order valence-corrected chi connectivity index (χ2v) is 0.250. The van der Waals surface area contributed by atoms with Crippen LogP contribution in [0.4, 0.5) is 4.79 Å². The van der Waals surface area contributed by atoms with Crippen LogP contribution in [0.2, 0.25) is 0 Å². The predicted octanol–water partition coefficient (Wildman–Crippen LogP) is -1.80. The van der Waals surface area contributed by atoms with E-state index in [0.29, 0.717) is 0 Å². The van der Waals surface area contributed by atoms with Gasteiger partial charge >= 0.3 is 21.1 Å². The second kappa shape index (κ2) is 46.0. The van der Waals surface area contributed by atoms with E-state index in [0.717, 1.165) is 0 Å². The molecular weight excluding hydrogens is 311 g/mol. The summed E-state index contributed by atoms with van der Waals surface area (Å²) in [5.74, 6) is 0. The Kier molecular flexibility index (Phi) is 349. The van der Waals surface area contributed by atoms with Crippen LogP contribution in [0.25, 0.3) is 0 Å². The molecule has 0 aliphatic rings. The van der Waals surface area contributed by atoms with Crippen molar-refractivity contribution >= 4 is 6.16 Å². The average molecular weight is 323 g/mol. The van der Waals surface area contributed by atoms with Gasteiger partial charge in [0.2, 0.25) is 0 Å². The van der Waals surface area contributed by atoms with Crippen LogP contribution in [0.5, 0.6) is 0 Å². The van der Waals surface area contributed by atoms with Crippen molar-refractivity contribution in [2.75, 3.05) is 0 Å². The third kappa shape index (κ3) is 6450. The maximum absolute atomic E-state index is 8.33. The number of rotatable bonds is 0. The van der Waals surface area contributed by atoms with Gasteiger partial charge in [0.1, 0.15) is 0 Å². The molecule has 0 heterocycles. The standard InChI is InChI=1S/CH2O3.4H3N.Pt/c2-1(3)4;;;;;/h(H2,2,3,4);4*1H3;/q;;;;;+2/p-2. The van der Waals surface area contributed by atoms with Gasteiger partial charge in [0.25, 0.3) is 0 Å². The van der Waals surface area contributed by atoms with Crippen LogP contribution in [-0.4, -0.2) is 6.16 Å². The zero-order chi connectivity index (χ0) is 3.58. The molecule has 64 valence electrons. The van der Waals surface area contributed by atoms with E-state index in [9.17, 15) is 0 Å². The summed E-state index contributed by atoms with van der Waals surface area (Å²) in [4.78, 5) is 8.33. The molecule has 0 amide bonds. The van der Waals surface area contributed by atoms with Crippen molar-refractivity contribution < 1.29 is 36.1 Å². The molecule has 0 aliphatic heterocycles. The van der Waals surface area contributed by atoms with E-state index >= 15 is 0 Å². The first-order valence-electron chi connectivity index (χ1n) is 0.612. The third-order valence-electron chi connectivity index (χ3n) is 0. The molecule has 0 fully saturated rings.